The molecule has 0 radical (unpaired) electrons. The Bertz CT molecular complexity index is 613. The average molecular weight is 337 g/mol. The van der Waals surface area contributed by atoms with Gasteiger partial charge in [-0.3, -0.25) is 11.3 Å². The molecular formula is C16H18BrFN2. The van der Waals surface area contributed by atoms with E-state index in [0.29, 0.717) is 6.42 Å². The van der Waals surface area contributed by atoms with Crippen molar-refractivity contribution >= 4 is 15.9 Å². The van der Waals surface area contributed by atoms with Crippen LogP contribution in [0.25, 0.3) is 0 Å². The van der Waals surface area contributed by atoms with Gasteiger partial charge in [-0.1, -0.05) is 39.7 Å². The van der Waals surface area contributed by atoms with E-state index in [1.54, 1.807) is 12.1 Å². The number of hydrogen-bond acceptors (Lipinski definition) is 2. The van der Waals surface area contributed by atoms with Crippen LogP contribution in [0.1, 0.15) is 28.3 Å². The van der Waals surface area contributed by atoms with Crippen molar-refractivity contribution in [2.75, 3.05) is 0 Å². The van der Waals surface area contributed by atoms with Crippen LogP contribution >= 0.6 is 15.9 Å². The summed E-state index contributed by atoms with van der Waals surface area (Å²) in [6.07, 6.45) is 0.641. The maximum atomic E-state index is 13.4. The van der Waals surface area contributed by atoms with Gasteiger partial charge in [0.2, 0.25) is 0 Å². The lowest BCUT2D eigenvalue weighted by Gasteiger charge is -2.19. The summed E-state index contributed by atoms with van der Waals surface area (Å²) in [5.41, 5.74) is 7.10. The summed E-state index contributed by atoms with van der Waals surface area (Å²) in [4.78, 5) is 0. The predicted octanol–water partition coefficient (Wildman–Crippen LogP) is 3.95. The summed E-state index contributed by atoms with van der Waals surface area (Å²) in [6.45, 7) is 4.02. The molecule has 0 amide bonds. The number of rotatable bonds is 4. The summed E-state index contributed by atoms with van der Waals surface area (Å²) in [7, 11) is 0. The maximum Gasteiger partial charge on any atom is 0.123 e. The van der Waals surface area contributed by atoms with Gasteiger partial charge in [0.15, 0.2) is 0 Å². The lowest BCUT2D eigenvalue weighted by molar-refractivity contribution is 0.545. The topological polar surface area (TPSA) is 38.0 Å². The average Bonchev–Trinajstić information content (AvgIpc) is 2.42. The molecule has 0 aromatic heterocycles. The highest BCUT2D eigenvalue weighted by molar-refractivity contribution is 9.10. The number of aryl methyl sites for hydroxylation is 2. The van der Waals surface area contributed by atoms with E-state index in [-0.39, 0.29) is 11.9 Å². The number of nitrogens with one attached hydrogen (secondary N) is 1. The van der Waals surface area contributed by atoms with Crippen molar-refractivity contribution in [2.24, 2.45) is 5.84 Å². The number of nitrogens with two attached hydrogens (primary N) is 1. The standard InChI is InChI=1S/C16H18BrFN2/c1-10-3-6-15(17)14(7-10)16(20-19)9-12-8-13(18)5-4-11(12)2/h3-8,16,20H,9,19H2,1-2H3. The van der Waals surface area contributed by atoms with Crippen LogP contribution in [-0.4, -0.2) is 0 Å². The molecule has 0 saturated heterocycles. The summed E-state index contributed by atoms with van der Waals surface area (Å²) >= 11 is 3.55. The van der Waals surface area contributed by atoms with Crippen molar-refractivity contribution in [1.82, 2.24) is 5.43 Å². The molecule has 0 fully saturated rings. The smallest absolute Gasteiger partial charge is 0.123 e. The molecule has 1 unspecified atom stereocenters. The quantitative estimate of drug-likeness (QED) is 0.655. The molecule has 3 N–H and O–H groups in total. The fourth-order valence-corrected chi connectivity index (χ4v) is 2.79. The lowest BCUT2D eigenvalue weighted by atomic mass is 9.95. The van der Waals surface area contributed by atoms with Gasteiger partial charge in [0.1, 0.15) is 5.82 Å². The van der Waals surface area contributed by atoms with Crippen LogP contribution in [0.4, 0.5) is 4.39 Å². The van der Waals surface area contributed by atoms with Crippen molar-refractivity contribution < 1.29 is 4.39 Å². The molecule has 4 heteroatoms. The van der Waals surface area contributed by atoms with E-state index in [2.05, 4.69) is 27.4 Å². The van der Waals surface area contributed by atoms with E-state index in [4.69, 9.17) is 5.84 Å². The Hall–Kier alpha value is -1.23. The Kier molecular flexibility index (Phi) is 4.91. The Balaban J connectivity index is 2.33. The molecule has 0 bridgehead atoms. The minimum atomic E-state index is -0.218. The molecule has 0 aliphatic carbocycles. The molecule has 0 heterocycles. The van der Waals surface area contributed by atoms with Crippen LogP contribution < -0.4 is 11.3 Å². The molecule has 0 saturated carbocycles. The van der Waals surface area contributed by atoms with Gasteiger partial charge in [0, 0.05) is 4.47 Å². The van der Waals surface area contributed by atoms with Crippen molar-refractivity contribution in [3.05, 3.63) is 68.9 Å². The van der Waals surface area contributed by atoms with E-state index in [1.165, 1.54) is 11.6 Å². The highest BCUT2D eigenvalue weighted by atomic mass is 79.9. The predicted molar refractivity (Wildman–Crippen MR) is 83.8 cm³/mol. The SMILES string of the molecule is Cc1ccc(Br)c(C(Cc2cc(F)ccc2C)NN)c1. The molecule has 20 heavy (non-hydrogen) atoms. The van der Waals surface area contributed by atoms with Crippen molar-refractivity contribution in [3.8, 4) is 0 Å². The minimum Gasteiger partial charge on any atom is -0.271 e. The zero-order chi connectivity index (χ0) is 14.7. The van der Waals surface area contributed by atoms with E-state index in [9.17, 15) is 4.39 Å². The Morgan fingerprint density at radius 3 is 2.65 bits per heavy atom. The molecular weight excluding hydrogens is 319 g/mol. The van der Waals surface area contributed by atoms with Crippen LogP contribution in [0.15, 0.2) is 40.9 Å². The zero-order valence-electron chi connectivity index (χ0n) is 11.6. The van der Waals surface area contributed by atoms with E-state index in [1.807, 2.05) is 26.0 Å². The third kappa shape index (κ3) is 3.45. The van der Waals surface area contributed by atoms with Crippen molar-refractivity contribution in [1.29, 1.82) is 0 Å². The van der Waals surface area contributed by atoms with Crippen molar-refractivity contribution in [3.63, 3.8) is 0 Å². The highest BCUT2D eigenvalue weighted by Crippen LogP contribution is 2.27. The Morgan fingerprint density at radius 2 is 1.95 bits per heavy atom. The second kappa shape index (κ2) is 6.48. The first-order chi connectivity index (χ1) is 9.51. The molecule has 2 aromatic carbocycles. The van der Waals surface area contributed by atoms with E-state index < -0.39 is 0 Å². The molecule has 2 aromatic rings. The summed E-state index contributed by atoms with van der Waals surface area (Å²) in [5, 5.41) is 0. The maximum absolute atomic E-state index is 13.4. The number of benzene rings is 2. The largest absolute Gasteiger partial charge is 0.271 e. The Labute approximate surface area is 127 Å². The molecule has 2 nitrogen and oxygen atoms in total. The fourth-order valence-electron chi connectivity index (χ4n) is 2.27. The minimum absolute atomic E-state index is 0.0650. The first-order valence-corrected chi connectivity index (χ1v) is 7.27. The van der Waals surface area contributed by atoms with Crippen LogP contribution in [0.2, 0.25) is 0 Å². The zero-order valence-corrected chi connectivity index (χ0v) is 13.2. The number of hydrogen-bond donors (Lipinski definition) is 2. The van der Waals surface area contributed by atoms with Gasteiger partial charge in [-0.05, 0) is 55.2 Å². The van der Waals surface area contributed by atoms with Crippen LogP contribution in [0.3, 0.4) is 0 Å². The fraction of sp³-hybridized carbons (Fsp3) is 0.250. The first kappa shape index (κ1) is 15.2. The second-order valence-corrected chi connectivity index (χ2v) is 5.87. The second-order valence-electron chi connectivity index (χ2n) is 5.02. The van der Waals surface area contributed by atoms with E-state index >= 15 is 0 Å². The van der Waals surface area contributed by atoms with Gasteiger partial charge < -0.3 is 0 Å². The summed E-state index contributed by atoms with van der Waals surface area (Å²) < 4.78 is 14.4. The van der Waals surface area contributed by atoms with Gasteiger partial charge in [-0.25, -0.2) is 4.39 Å². The summed E-state index contributed by atoms with van der Waals surface area (Å²) in [5.74, 6) is 5.48. The van der Waals surface area contributed by atoms with Gasteiger partial charge >= 0.3 is 0 Å². The third-order valence-corrected chi connectivity index (χ3v) is 4.19. The highest BCUT2D eigenvalue weighted by Gasteiger charge is 2.15. The summed E-state index contributed by atoms with van der Waals surface area (Å²) in [6, 6.07) is 10.9. The Morgan fingerprint density at radius 1 is 1.20 bits per heavy atom. The third-order valence-electron chi connectivity index (χ3n) is 3.46. The molecule has 1 atom stereocenters. The monoisotopic (exact) mass is 336 g/mol. The molecule has 0 aliphatic rings. The van der Waals surface area contributed by atoms with Gasteiger partial charge in [0.25, 0.3) is 0 Å². The van der Waals surface area contributed by atoms with Crippen molar-refractivity contribution in [2.45, 2.75) is 26.3 Å². The number of hydrazine groups is 1. The molecule has 106 valence electrons. The van der Waals surface area contributed by atoms with Crippen LogP contribution in [0, 0.1) is 19.7 Å². The molecule has 2 rings (SSSR count). The van der Waals surface area contributed by atoms with Gasteiger partial charge in [-0.2, -0.15) is 0 Å². The first-order valence-electron chi connectivity index (χ1n) is 6.48. The van der Waals surface area contributed by atoms with Gasteiger partial charge in [-0.15, -0.1) is 0 Å². The normalized spacial score (nSPS) is 12.4. The number of halogens is 2. The van der Waals surface area contributed by atoms with Crippen LogP contribution in [-0.2, 0) is 6.42 Å². The lowest BCUT2D eigenvalue weighted by Crippen LogP contribution is -2.30. The molecule has 0 aliphatic heterocycles. The van der Waals surface area contributed by atoms with Crippen LogP contribution in [0.5, 0.6) is 0 Å². The van der Waals surface area contributed by atoms with Gasteiger partial charge in [0.05, 0.1) is 6.04 Å². The molecule has 0 spiro atoms. The van der Waals surface area contributed by atoms with E-state index in [0.717, 1.165) is 21.2 Å².